The molecule has 6 heteroatoms. The molecule has 1 aliphatic heterocycles. The number of aryl methyl sites for hydroxylation is 1. The van der Waals surface area contributed by atoms with Gasteiger partial charge in [-0.2, -0.15) is 0 Å². The maximum atomic E-state index is 10.8. The van der Waals surface area contributed by atoms with Gasteiger partial charge in [-0.05, 0) is 6.42 Å². The average molecular weight is 270 g/mol. The standard InChI is InChI=1S/C12H18N2O3S/c1-2-9-10(7-12(15)16)18-11(13-9)8-14-3-5-17-6-4-14/h2-8H2,1H3,(H,15,16). The molecule has 0 radical (unpaired) electrons. The van der Waals surface area contributed by atoms with E-state index in [1.54, 1.807) is 0 Å². The highest BCUT2D eigenvalue weighted by molar-refractivity contribution is 7.11. The predicted octanol–water partition coefficient (Wildman–Crippen LogP) is 1.16. The zero-order chi connectivity index (χ0) is 13.0. The lowest BCUT2D eigenvalue weighted by Crippen LogP contribution is -2.35. The maximum Gasteiger partial charge on any atom is 0.308 e. The number of thiazole rings is 1. The monoisotopic (exact) mass is 270 g/mol. The highest BCUT2D eigenvalue weighted by atomic mass is 32.1. The molecule has 5 nitrogen and oxygen atoms in total. The van der Waals surface area contributed by atoms with Crippen LogP contribution in [0, 0.1) is 0 Å². The summed E-state index contributed by atoms with van der Waals surface area (Å²) < 4.78 is 5.30. The second-order valence-electron chi connectivity index (χ2n) is 4.29. The van der Waals surface area contributed by atoms with Crippen LogP contribution in [-0.4, -0.2) is 47.3 Å². The molecular formula is C12H18N2O3S. The summed E-state index contributed by atoms with van der Waals surface area (Å²) in [6, 6.07) is 0. The first-order chi connectivity index (χ1) is 8.69. The summed E-state index contributed by atoms with van der Waals surface area (Å²) in [5.41, 5.74) is 0.936. The number of carbonyl (C=O) groups is 1. The van der Waals surface area contributed by atoms with Gasteiger partial charge in [-0.3, -0.25) is 9.69 Å². The second-order valence-corrected chi connectivity index (χ2v) is 5.46. The number of hydrogen-bond donors (Lipinski definition) is 1. The predicted molar refractivity (Wildman–Crippen MR) is 68.9 cm³/mol. The molecule has 1 aromatic rings. The SMILES string of the molecule is CCc1nc(CN2CCOCC2)sc1CC(=O)O. The number of hydrogen-bond acceptors (Lipinski definition) is 5. The summed E-state index contributed by atoms with van der Waals surface area (Å²) >= 11 is 1.53. The molecule has 2 rings (SSSR count). The van der Waals surface area contributed by atoms with Gasteiger partial charge in [0.15, 0.2) is 0 Å². The fourth-order valence-electron chi connectivity index (χ4n) is 2.01. The molecule has 1 saturated heterocycles. The van der Waals surface area contributed by atoms with E-state index in [1.165, 1.54) is 11.3 Å². The molecule has 2 heterocycles. The third-order valence-corrected chi connectivity index (χ3v) is 4.01. The van der Waals surface area contributed by atoms with Crippen LogP contribution in [0.2, 0.25) is 0 Å². The third kappa shape index (κ3) is 3.51. The number of rotatable bonds is 5. The Morgan fingerprint density at radius 2 is 2.22 bits per heavy atom. The van der Waals surface area contributed by atoms with Crippen LogP contribution in [0.25, 0.3) is 0 Å². The van der Waals surface area contributed by atoms with Crippen molar-refractivity contribution in [2.24, 2.45) is 0 Å². The lowest BCUT2D eigenvalue weighted by Gasteiger charge is -2.25. The van der Waals surface area contributed by atoms with E-state index in [1.807, 2.05) is 6.92 Å². The molecule has 18 heavy (non-hydrogen) atoms. The average Bonchev–Trinajstić information content (AvgIpc) is 2.71. The van der Waals surface area contributed by atoms with Crippen molar-refractivity contribution in [3.63, 3.8) is 0 Å². The van der Waals surface area contributed by atoms with Crippen LogP contribution in [-0.2, 0) is 28.9 Å². The van der Waals surface area contributed by atoms with Crippen LogP contribution in [0.15, 0.2) is 0 Å². The molecule has 1 N–H and O–H groups in total. The molecule has 0 spiro atoms. The van der Waals surface area contributed by atoms with E-state index in [-0.39, 0.29) is 6.42 Å². The second kappa shape index (κ2) is 6.26. The van der Waals surface area contributed by atoms with Crippen LogP contribution in [0.1, 0.15) is 22.5 Å². The molecular weight excluding hydrogens is 252 g/mol. The molecule has 0 bridgehead atoms. The lowest BCUT2D eigenvalue weighted by atomic mass is 10.2. The number of carboxylic acid groups (broad SMARTS) is 1. The minimum absolute atomic E-state index is 0.0873. The number of carboxylic acids is 1. The van der Waals surface area contributed by atoms with Gasteiger partial charge in [0.05, 0.1) is 31.9 Å². The maximum absolute atomic E-state index is 10.8. The lowest BCUT2D eigenvalue weighted by molar-refractivity contribution is -0.136. The Balaban J connectivity index is 2.03. The minimum Gasteiger partial charge on any atom is -0.481 e. The van der Waals surface area contributed by atoms with E-state index < -0.39 is 5.97 Å². The summed E-state index contributed by atoms with van der Waals surface area (Å²) in [5, 5.41) is 9.89. The first-order valence-corrected chi connectivity index (χ1v) is 7.00. The van der Waals surface area contributed by atoms with E-state index >= 15 is 0 Å². The van der Waals surface area contributed by atoms with Gasteiger partial charge in [0, 0.05) is 18.0 Å². The molecule has 0 aromatic carbocycles. The molecule has 0 saturated carbocycles. The van der Waals surface area contributed by atoms with E-state index in [0.29, 0.717) is 0 Å². The summed E-state index contributed by atoms with van der Waals surface area (Å²) in [5.74, 6) is -0.786. The summed E-state index contributed by atoms with van der Waals surface area (Å²) in [6.45, 7) is 6.21. The van der Waals surface area contributed by atoms with Crippen LogP contribution in [0.5, 0.6) is 0 Å². The van der Waals surface area contributed by atoms with Gasteiger partial charge in [0.1, 0.15) is 5.01 Å². The summed E-state index contributed by atoms with van der Waals surface area (Å²) in [6.07, 6.45) is 0.881. The van der Waals surface area contributed by atoms with E-state index in [2.05, 4.69) is 9.88 Å². The van der Waals surface area contributed by atoms with Gasteiger partial charge >= 0.3 is 5.97 Å². The van der Waals surface area contributed by atoms with Crippen LogP contribution in [0.4, 0.5) is 0 Å². The van der Waals surface area contributed by atoms with E-state index in [9.17, 15) is 4.79 Å². The number of ether oxygens (including phenoxy) is 1. The number of morpholine rings is 1. The van der Waals surface area contributed by atoms with Crippen molar-refractivity contribution >= 4 is 17.3 Å². The van der Waals surface area contributed by atoms with Gasteiger partial charge in [0.2, 0.25) is 0 Å². The van der Waals surface area contributed by atoms with Crippen LogP contribution in [0.3, 0.4) is 0 Å². The smallest absolute Gasteiger partial charge is 0.308 e. The first-order valence-electron chi connectivity index (χ1n) is 6.18. The molecule has 1 fully saturated rings. The zero-order valence-corrected chi connectivity index (χ0v) is 11.3. The molecule has 0 amide bonds. The quantitative estimate of drug-likeness (QED) is 0.870. The van der Waals surface area contributed by atoms with Crippen molar-refractivity contribution in [3.05, 3.63) is 15.6 Å². The Labute approximate surface area is 110 Å². The van der Waals surface area contributed by atoms with Crippen molar-refractivity contribution in [1.29, 1.82) is 0 Å². The largest absolute Gasteiger partial charge is 0.481 e. The molecule has 0 unspecified atom stereocenters. The van der Waals surface area contributed by atoms with E-state index in [4.69, 9.17) is 9.84 Å². The van der Waals surface area contributed by atoms with E-state index in [0.717, 1.165) is 54.8 Å². The Bertz CT molecular complexity index is 413. The fourth-order valence-corrected chi connectivity index (χ4v) is 3.20. The highest BCUT2D eigenvalue weighted by Gasteiger charge is 2.16. The minimum atomic E-state index is -0.786. The van der Waals surface area contributed by atoms with Crippen molar-refractivity contribution in [2.75, 3.05) is 26.3 Å². The van der Waals surface area contributed by atoms with Gasteiger partial charge in [-0.1, -0.05) is 6.92 Å². The number of nitrogens with zero attached hydrogens (tertiary/aromatic N) is 2. The zero-order valence-electron chi connectivity index (χ0n) is 10.5. The molecule has 1 aromatic heterocycles. The van der Waals surface area contributed by atoms with Gasteiger partial charge in [-0.25, -0.2) is 4.98 Å². The number of aliphatic carboxylic acids is 1. The van der Waals surface area contributed by atoms with Crippen LogP contribution >= 0.6 is 11.3 Å². The number of aromatic nitrogens is 1. The topological polar surface area (TPSA) is 62.7 Å². The third-order valence-electron chi connectivity index (χ3n) is 2.93. The summed E-state index contributed by atoms with van der Waals surface area (Å²) in [7, 11) is 0. The van der Waals surface area contributed by atoms with Crippen molar-refractivity contribution in [2.45, 2.75) is 26.3 Å². The highest BCUT2D eigenvalue weighted by Crippen LogP contribution is 2.21. The molecule has 0 atom stereocenters. The molecule has 0 aliphatic carbocycles. The van der Waals surface area contributed by atoms with Crippen LogP contribution < -0.4 is 0 Å². The Kier molecular flexibility index (Phi) is 4.68. The first kappa shape index (κ1) is 13.5. The van der Waals surface area contributed by atoms with Crippen molar-refractivity contribution in [1.82, 2.24) is 9.88 Å². The normalized spacial score (nSPS) is 16.9. The van der Waals surface area contributed by atoms with Gasteiger partial charge < -0.3 is 9.84 Å². The fraction of sp³-hybridized carbons (Fsp3) is 0.667. The van der Waals surface area contributed by atoms with Crippen molar-refractivity contribution < 1.29 is 14.6 Å². The van der Waals surface area contributed by atoms with Gasteiger partial charge in [-0.15, -0.1) is 11.3 Å². The Morgan fingerprint density at radius 3 is 2.83 bits per heavy atom. The summed E-state index contributed by atoms with van der Waals surface area (Å²) in [4.78, 5) is 18.5. The molecule has 1 aliphatic rings. The van der Waals surface area contributed by atoms with Crippen molar-refractivity contribution in [3.8, 4) is 0 Å². The Morgan fingerprint density at radius 1 is 1.50 bits per heavy atom. The molecule has 100 valence electrons. The Hall–Kier alpha value is -0.980. The van der Waals surface area contributed by atoms with Gasteiger partial charge in [0.25, 0.3) is 0 Å².